The number of aromatic nitrogens is 2. The van der Waals surface area contributed by atoms with Crippen molar-refractivity contribution in [2.75, 3.05) is 11.9 Å². The molecule has 0 bridgehead atoms. The van der Waals surface area contributed by atoms with E-state index in [0.717, 1.165) is 0 Å². The third-order valence-corrected chi connectivity index (χ3v) is 3.69. The third kappa shape index (κ3) is 7.32. The van der Waals surface area contributed by atoms with Gasteiger partial charge in [0, 0.05) is 18.7 Å². The molecule has 10 heteroatoms. The molecule has 0 fully saturated rings. The first-order valence-electron chi connectivity index (χ1n) is 9.23. The number of anilines is 1. The van der Waals surface area contributed by atoms with Crippen LogP contribution in [0.4, 0.5) is 10.5 Å². The van der Waals surface area contributed by atoms with Crippen molar-refractivity contribution in [3.8, 4) is 0 Å². The van der Waals surface area contributed by atoms with Gasteiger partial charge < -0.3 is 30.1 Å². The van der Waals surface area contributed by atoms with E-state index in [1.54, 1.807) is 39.0 Å². The number of fused-ring (bicyclic) bond motifs is 1. The first-order chi connectivity index (χ1) is 13.5. The minimum Gasteiger partial charge on any atom is -0.453 e. The Hall–Kier alpha value is -3.30. The van der Waals surface area contributed by atoms with E-state index < -0.39 is 29.7 Å². The number of benzene rings is 1. The van der Waals surface area contributed by atoms with Gasteiger partial charge in [0.2, 0.25) is 0 Å². The third-order valence-electron chi connectivity index (χ3n) is 3.69. The van der Waals surface area contributed by atoms with E-state index in [9.17, 15) is 19.2 Å². The van der Waals surface area contributed by atoms with Crippen molar-refractivity contribution in [1.82, 2.24) is 15.3 Å². The van der Waals surface area contributed by atoms with Crippen molar-refractivity contribution in [3.63, 3.8) is 0 Å². The summed E-state index contributed by atoms with van der Waals surface area (Å²) in [6.07, 6.45) is -1.16. The lowest BCUT2D eigenvalue weighted by Gasteiger charge is -2.19. The van der Waals surface area contributed by atoms with Gasteiger partial charge >= 0.3 is 17.8 Å². The SMILES string of the molecule is C[C@@H](OC(=O)CCCNC(=O)OC(C)(C)C)C(=O)Nc1ccc2[nH]c(=O)[nH]c2c1. The zero-order valence-corrected chi connectivity index (χ0v) is 16.9. The van der Waals surface area contributed by atoms with Gasteiger partial charge in [-0.3, -0.25) is 9.59 Å². The van der Waals surface area contributed by atoms with E-state index in [1.807, 2.05) is 0 Å². The molecular weight excluding hydrogens is 380 g/mol. The van der Waals surface area contributed by atoms with Crippen molar-refractivity contribution in [2.45, 2.75) is 52.2 Å². The largest absolute Gasteiger partial charge is 0.453 e. The lowest BCUT2D eigenvalue weighted by Crippen LogP contribution is -2.33. The van der Waals surface area contributed by atoms with Gasteiger partial charge in [0.05, 0.1) is 11.0 Å². The number of hydrogen-bond donors (Lipinski definition) is 4. The normalized spacial score (nSPS) is 12.3. The number of nitrogens with one attached hydrogen (secondary N) is 4. The maximum atomic E-state index is 12.2. The zero-order valence-electron chi connectivity index (χ0n) is 16.9. The molecule has 158 valence electrons. The summed E-state index contributed by atoms with van der Waals surface area (Å²) in [7, 11) is 0. The van der Waals surface area contributed by atoms with E-state index in [0.29, 0.717) is 23.1 Å². The predicted molar refractivity (Wildman–Crippen MR) is 107 cm³/mol. The maximum absolute atomic E-state index is 12.2. The average Bonchev–Trinajstić information content (AvgIpc) is 2.96. The first-order valence-corrected chi connectivity index (χ1v) is 9.23. The number of ether oxygens (including phenoxy) is 2. The number of imidazole rings is 1. The molecule has 0 unspecified atom stereocenters. The van der Waals surface area contributed by atoms with Crippen LogP contribution in [0.1, 0.15) is 40.5 Å². The van der Waals surface area contributed by atoms with Crippen LogP contribution in [0, 0.1) is 0 Å². The monoisotopic (exact) mass is 406 g/mol. The summed E-state index contributed by atoms with van der Waals surface area (Å²) >= 11 is 0. The second kappa shape index (κ2) is 9.26. The van der Waals surface area contributed by atoms with Gasteiger partial charge in [-0.1, -0.05) is 0 Å². The fourth-order valence-electron chi connectivity index (χ4n) is 2.40. The summed E-state index contributed by atoms with van der Waals surface area (Å²) in [4.78, 5) is 52.0. The number of carbonyl (C=O) groups excluding carboxylic acids is 3. The molecule has 1 aromatic heterocycles. The van der Waals surface area contributed by atoms with Crippen molar-refractivity contribution >= 4 is 34.7 Å². The van der Waals surface area contributed by atoms with E-state index in [-0.39, 0.29) is 18.7 Å². The molecule has 0 spiro atoms. The summed E-state index contributed by atoms with van der Waals surface area (Å²) in [5.41, 5.74) is 0.698. The molecule has 1 atom stereocenters. The number of alkyl carbamates (subject to hydrolysis) is 1. The van der Waals surface area contributed by atoms with Gasteiger partial charge in [0.1, 0.15) is 5.60 Å². The van der Waals surface area contributed by atoms with Crippen LogP contribution in [0.3, 0.4) is 0 Å². The second-order valence-corrected chi connectivity index (χ2v) is 7.49. The van der Waals surface area contributed by atoms with Gasteiger partial charge in [0.15, 0.2) is 6.10 Å². The Bertz CT molecular complexity index is 940. The summed E-state index contributed by atoms with van der Waals surface area (Å²) in [5.74, 6) is -1.05. The van der Waals surface area contributed by atoms with E-state index >= 15 is 0 Å². The second-order valence-electron chi connectivity index (χ2n) is 7.49. The molecule has 29 heavy (non-hydrogen) atoms. The maximum Gasteiger partial charge on any atom is 0.407 e. The Kier molecular flexibility index (Phi) is 7.03. The lowest BCUT2D eigenvalue weighted by molar-refractivity contribution is -0.153. The van der Waals surface area contributed by atoms with Crippen LogP contribution >= 0.6 is 0 Å². The highest BCUT2D eigenvalue weighted by atomic mass is 16.6. The molecule has 10 nitrogen and oxygen atoms in total. The Morgan fingerprint density at radius 2 is 1.83 bits per heavy atom. The molecule has 0 aliphatic rings. The minimum atomic E-state index is -0.998. The fourth-order valence-corrected chi connectivity index (χ4v) is 2.40. The first kappa shape index (κ1) is 22.0. The topological polar surface area (TPSA) is 142 Å². The Morgan fingerprint density at radius 3 is 2.52 bits per heavy atom. The summed E-state index contributed by atoms with van der Waals surface area (Å²) in [5, 5.41) is 5.17. The molecule has 2 aromatic rings. The highest BCUT2D eigenvalue weighted by Crippen LogP contribution is 2.15. The van der Waals surface area contributed by atoms with Crippen LogP contribution < -0.4 is 16.3 Å². The Balaban J connectivity index is 1.73. The van der Waals surface area contributed by atoms with Gasteiger partial charge in [-0.25, -0.2) is 9.59 Å². The van der Waals surface area contributed by atoms with E-state index in [1.165, 1.54) is 6.92 Å². The molecule has 0 saturated carbocycles. The molecule has 1 aromatic carbocycles. The van der Waals surface area contributed by atoms with Crippen LogP contribution in [-0.2, 0) is 19.1 Å². The molecule has 0 aliphatic carbocycles. The molecule has 2 rings (SSSR count). The standard InChI is InChI=1S/C19H26N4O6/c1-11(28-15(24)6-5-9-20-18(27)29-19(2,3)4)16(25)21-12-7-8-13-14(10-12)23-17(26)22-13/h7-8,10-11H,5-6,9H2,1-4H3,(H,20,27)(H,21,25)(H2,22,23,26)/t11-/m1/s1. The molecule has 0 radical (unpaired) electrons. The van der Waals surface area contributed by atoms with Gasteiger partial charge in [-0.2, -0.15) is 0 Å². The van der Waals surface area contributed by atoms with Crippen LogP contribution in [0.5, 0.6) is 0 Å². The highest BCUT2D eigenvalue weighted by molar-refractivity contribution is 5.96. The number of esters is 1. The fraction of sp³-hybridized carbons (Fsp3) is 0.474. The van der Waals surface area contributed by atoms with Crippen molar-refractivity contribution in [3.05, 3.63) is 28.7 Å². The smallest absolute Gasteiger partial charge is 0.407 e. The molecule has 2 amide bonds. The molecule has 0 aliphatic heterocycles. The van der Waals surface area contributed by atoms with E-state index in [2.05, 4.69) is 20.6 Å². The number of carbonyl (C=O) groups is 3. The van der Waals surface area contributed by atoms with Crippen LogP contribution in [-0.4, -0.2) is 46.2 Å². The molecule has 4 N–H and O–H groups in total. The van der Waals surface area contributed by atoms with Crippen molar-refractivity contribution < 1.29 is 23.9 Å². The van der Waals surface area contributed by atoms with Gasteiger partial charge in [0.25, 0.3) is 5.91 Å². The molecule has 1 heterocycles. The Morgan fingerprint density at radius 1 is 1.14 bits per heavy atom. The van der Waals surface area contributed by atoms with Gasteiger partial charge in [-0.05, 0) is 52.3 Å². The number of rotatable bonds is 7. The predicted octanol–water partition coefficient (Wildman–Crippen LogP) is 2.03. The molecular formula is C19H26N4O6. The van der Waals surface area contributed by atoms with Gasteiger partial charge in [-0.15, -0.1) is 0 Å². The molecule has 0 saturated heterocycles. The highest BCUT2D eigenvalue weighted by Gasteiger charge is 2.19. The number of H-pyrrole nitrogens is 2. The number of aromatic amines is 2. The lowest BCUT2D eigenvalue weighted by atomic mass is 10.2. The average molecular weight is 406 g/mol. The van der Waals surface area contributed by atoms with Crippen molar-refractivity contribution in [1.29, 1.82) is 0 Å². The number of hydrogen-bond acceptors (Lipinski definition) is 6. The van der Waals surface area contributed by atoms with Crippen LogP contribution in [0.15, 0.2) is 23.0 Å². The van der Waals surface area contributed by atoms with Crippen LogP contribution in [0.25, 0.3) is 11.0 Å². The van der Waals surface area contributed by atoms with E-state index in [4.69, 9.17) is 9.47 Å². The quantitative estimate of drug-likeness (QED) is 0.409. The number of amides is 2. The van der Waals surface area contributed by atoms with Crippen LogP contribution in [0.2, 0.25) is 0 Å². The summed E-state index contributed by atoms with van der Waals surface area (Å²) in [6, 6.07) is 4.88. The Labute approximate surface area is 167 Å². The summed E-state index contributed by atoms with van der Waals surface area (Å²) in [6.45, 7) is 6.98. The summed E-state index contributed by atoms with van der Waals surface area (Å²) < 4.78 is 10.2. The minimum absolute atomic E-state index is 0.0456. The van der Waals surface area contributed by atoms with Crippen molar-refractivity contribution in [2.24, 2.45) is 0 Å². The zero-order chi connectivity index (χ0) is 21.6.